The first kappa shape index (κ1) is 12.0. The third kappa shape index (κ3) is 2.17. The Kier molecular flexibility index (Phi) is 2.91. The van der Waals surface area contributed by atoms with Crippen molar-refractivity contribution in [3.63, 3.8) is 0 Å². The summed E-state index contributed by atoms with van der Waals surface area (Å²) in [5.74, 6) is -0.263. The summed E-state index contributed by atoms with van der Waals surface area (Å²) in [5, 5.41) is 0.641. The van der Waals surface area contributed by atoms with Crippen molar-refractivity contribution in [2.45, 2.75) is 13.3 Å². The van der Waals surface area contributed by atoms with Crippen molar-refractivity contribution in [1.82, 2.24) is 0 Å². The summed E-state index contributed by atoms with van der Waals surface area (Å²) < 4.78 is 0. The molecule has 1 heterocycles. The molecule has 0 spiro atoms. The quantitative estimate of drug-likeness (QED) is 0.787. The third-order valence-electron chi connectivity index (χ3n) is 3.40. The maximum atomic E-state index is 11.4. The van der Waals surface area contributed by atoms with Gasteiger partial charge in [-0.25, -0.2) is 0 Å². The minimum Gasteiger partial charge on any atom is -0.397 e. The summed E-state index contributed by atoms with van der Waals surface area (Å²) in [6.07, 6.45) is 0.744. The van der Waals surface area contributed by atoms with E-state index in [1.54, 1.807) is 12.1 Å². The molecule has 0 bridgehead atoms. The maximum Gasteiger partial charge on any atom is 0.225 e. The minimum atomic E-state index is -0.477. The van der Waals surface area contributed by atoms with Crippen LogP contribution >= 0.6 is 11.6 Å². The molecule has 92 valence electrons. The van der Waals surface area contributed by atoms with E-state index >= 15 is 0 Å². The van der Waals surface area contributed by atoms with Crippen LogP contribution in [0.15, 0.2) is 18.2 Å². The second kappa shape index (κ2) is 4.11. The summed E-state index contributed by atoms with van der Waals surface area (Å²) in [5.41, 5.74) is 12.4. The number of anilines is 2. The number of nitrogens with zero attached hydrogens (tertiary/aromatic N) is 1. The van der Waals surface area contributed by atoms with Crippen LogP contribution in [0.3, 0.4) is 0 Å². The highest BCUT2D eigenvalue weighted by molar-refractivity contribution is 6.31. The summed E-state index contributed by atoms with van der Waals surface area (Å²) in [6, 6.07) is 5.35. The fourth-order valence-corrected chi connectivity index (χ4v) is 2.32. The molecule has 0 aromatic heterocycles. The summed E-state index contributed by atoms with van der Waals surface area (Å²) >= 11 is 5.96. The lowest BCUT2D eigenvalue weighted by Crippen LogP contribution is -2.37. The van der Waals surface area contributed by atoms with Crippen molar-refractivity contribution in [1.29, 1.82) is 0 Å². The third-order valence-corrected chi connectivity index (χ3v) is 3.64. The van der Waals surface area contributed by atoms with Crippen molar-refractivity contribution in [2.24, 2.45) is 11.1 Å². The number of primary amides is 1. The lowest BCUT2D eigenvalue weighted by atomic mass is 9.89. The van der Waals surface area contributed by atoms with E-state index in [1.807, 2.05) is 13.0 Å². The van der Waals surface area contributed by atoms with Gasteiger partial charge in [-0.3, -0.25) is 4.79 Å². The highest BCUT2D eigenvalue weighted by atomic mass is 35.5. The van der Waals surface area contributed by atoms with E-state index in [0.717, 1.165) is 18.7 Å². The lowest BCUT2D eigenvalue weighted by molar-refractivity contribution is -0.125. The molecule has 2 rings (SSSR count). The van der Waals surface area contributed by atoms with Gasteiger partial charge in [0.2, 0.25) is 5.91 Å². The largest absolute Gasteiger partial charge is 0.397 e. The number of carbonyl (C=O) groups is 1. The van der Waals surface area contributed by atoms with Gasteiger partial charge in [-0.2, -0.15) is 0 Å². The molecule has 1 fully saturated rings. The second-order valence-electron chi connectivity index (χ2n) is 4.80. The van der Waals surface area contributed by atoms with Crippen molar-refractivity contribution >= 4 is 28.9 Å². The molecule has 1 saturated heterocycles. The van der Waals surface area contributed by atoms with Crippen LogP contribution in [0.1, 0.15) is 13.3 Å². The van der Waals surface area contributed by atoms with Crippen LogP contribution in [0.2, 0.25) is 5.02 Å². The summed E-state index contributed by atoms with van der Waals surface area (Å²) in [7, 11) is 0. The molecule has 1 aromatic carbocycles. The molecule has 4 nitrogen and oxygen atoms in total. The van der Waals surface area contributed by atoms with Gasteiger partial charge in [0.15, 0.2) is 0 Å². The zero-order chi connectivity index (χ0) is 12.6. The molecule has 5 heteroatoms. The van der Waals surface area contributed by atoms with Gasteiger partial charge < -0.3 is 16.4 Å². The van der Waals surface area contributed by atoms with Gasteiger partial charge in [-0.15, -0.1) is 0 Å². The van der Waals surface area contributed by atoms with Crippen LogP contribution in [-0.4, -0.2) is 19.0 Å². The second-order valence-corrected chi connectivity index (χ2v) is 5.24. The molecule has 17 heavy (non-hydrogen) atoms. The molecule has 1 aliphatic rings. The van der Waals surface area contributed by atoms with Gasteiger partial charge in [-0.1, -0.05) is 11.6 Å². The number of rotatable bonds is 2. The number of halogens is 1. The minimum absolute atomic E-state index is 0.263. The van der Waals surface area contributed by atoms with Crippen molar-refractivity contribution in [3.05, 3.63) is 23.2 Å². The molecule has 1 amide bonds. The first-order valence-electron chi connectivity index (χ1n) is 5.52. The summed E-state index contributed by atoms with van der Waals surface area (Å²) in [4.78, 5) is 13.5. The monoisotopic (exact) mass is 253 g/mol. The molecule has 1 aliphatic heterocycles. The molecule has 0 radical (unpaired) electrons. The molecule has 1 aromatic rings. The predicted molar refractivity (Wildman–Crippen MR) is 70.0 cm³/mol. The van der Waals surface area contributed by atoms with Crippen LogP contribution in [0.5, 0.6) is 0 Å². The molecule has 0 aliphatic carbocycles. The van der Waals surface area contributed by atoms with Gasteiger partial charge in [0.05, 0.1) is 16.8 Å². The van der Waals surface area contributed by atoms with E-state index in [4.69, 9.17) is 23.1 Å². The predicted octanol–water partition coefficient (Wildman–Crippen LogP) is 1.62. The van der Waals surface area contributed by atoms with Gasteiger partial charge in [0, 0.05) is 18.1 Å². The van der Waals surface area contributed by atoms with Crippen molar-refractivity contribution in [3.8, 4) is 0 Å². The van der Waals surface area contributed by atoms with Crippen LogP contribution in [-0.2, 0) is 4.79 Å². The molecule has 0 saturated carbocycles. The van der Waals surface area contributed by atoms with Crippen molar-refractivity contribution < 1.29 is 4.79 Å². The van der Waals surface area contributed by atoms with E-state index in [0.29, 0.717) is 17.3 Å². The fraction of sp³-hybridized carbons (Fsp3) is 0.417. The normalized spacial score (nSPS) is 24.0. The Labute approximate surface area is 106 Å². The molecule has 4 N–H and O–H groups in total. The smallest absolute Gasteiger partial charge is 0.225 e. The summed E-state index contributed by atoms with van der Waals surface area (Å²) in [6.45, 7) is 3.24. The number of nitrogens with two attached hydrogens (primary N) is 2. The van der Waals surface area contributed by atoms with Crippen LogP contribution < -0.4 is 16.4 Å². The van der Waals surface area contributed by atoms with E-state index in [2.05, 4.69) is 4.90 Å². The van der Waals surface area contributed by atoms with Crippen LogP contribution in [0.4, 0.5) is 11.4 Å². The van der Waals surface area contributed by atoms with Gasteiger partial charge in [0.1, 0.15) is 0 Å². The van der Waals surface area contributed by atoms with Crippen molar-refractivity contribution in [2.75, 3.05) is 23.7 Å². The number of hydrogen-bond donors (Lipinski definition) is 2. The number of benzene rings is 1. The SMILES string of the molecule is CC1(C(N)=O)CCN(c2cc(Cl)ccc2N)C1. The molecular formula is C12H16ClN3O. The van der Waals surface area contributed by atoms with Crippen LogP contribution in [0, 0.1) is 5.41 Å². The van der Waals surface area contributed by atoms with Gasteiger partial charge in [-0.05, 0) is 31.5 Å². The highest BCUT2D eigenvalue weighted by Crippen LogP contribution is 2.36. The number of hydrogen-bond acceptors (Lipinski definition) is 3. The Bertz CT molecular complexity index is 463. The average Bonchev–Trinajstić information content (AvgIpc) is 2.66. The van der Waals surface area contributed by atoms with Gasteiger partial charge in [0.25, 0.3) is 0 Å². The van der Waals surface area contributed by atoms with E-state index in [-0.39, 0.29) is 5.91 Å². The van der Waals surface area contributed by atoms with E-state index < -0.39 is 5.41 Å². The Morgan fingerprint density at radius 3 is 2.82 bits per heavy atom. The highest BCUT2D eigenvalue weighted by Gasteiger charge is 2.39. The Hall–Kier alpha value is -1.42. The first-order valence-corrected chi connectivity index (χ1v) is 5.90. The standard InChI is InChI=1S/C12H16ClN3O/c1-12(11(15)17)4-5-16(7-12)10-6-8(13)2-3-9(10)14/h2-3,6H,4-5,7,14H2,1H3,(H2,15,17). The molecular weight excluding hydrogens is 238 g/mol. The molecule has 1 atom stereocenters. The Balaban J connectivity index is 2.26. The zero-order valence-corrected chi connectivity index (χ0v) is 10.5. The van der Waals surface area contributed by atoms with Crippen LogP contribution in [0.25, 0.3) is 0 Å². The fourth-order valence-electron chi connectivity index (χ4n) is 2.16. The zero-order valence-electron chi connectivity index (χ0n) is 9.74. The lowest BCUT2D eigenvalue weighted by Gasteiger charge is -2.23. The first-order chi connectivity index (χ1) is 7.92. The van der Waals surface area contributed by atoms with Gasteiger partial charge >= 0.3 is 0 Å². The Morgan fingerprint density at radius 1 is 1.53 bits per heavy atom. The number of carbonyl (C=O) groups excluding carboxylic acids is 1. The van der Waals surface area contributed by atoms with E-state index in [1.165, 1.54) is 0 Å². The average molecular weight is 254 g/mol. The molecule has 1 unspecified atom stereocenters. The van der Waals surface area contributed by atoms with E-state index in [9.17, 15) is 4.79 Å². The Morgan fingerprint density at radius 2 is 2.24 bits per heavy atom. The number of nitrogen functional groups attached to an aromatic ring is 1. The maximum absolute atomic E-state index is 11.4. The topological polar surface area (TPSA) is 72.4 Å². The number of amides is 1.